The summed E-state index contributed by atoms with van der Waals surface area (Å²) in [4.78, 5) is 10.8. The van der Waals surface area contributed by atoms with E-state index in [0.717, 1.165) is 0 Å². The maximum atomic E-state index is 10.8. The van der Waals surface area contributed by atoms with E-state index in [1.54, 1.807) is 6.92 Å². The zero-order valence-corrected chi connectivity index (χ0v) is 7.87. The van der Waals surface area contributed by atoms with Crippen LogP contribution in [-0.4, -0.2) is 23.3 Å². The molecule has 1 aromatic rings. The molecule has 0 saturated carbocycles. The van der Waals surface area contributed by atoms with Crippen molar-refractivity contribution in [1.29, 1.82) is 0 Å². The highest BCUT2D eigenvalue weighted by molar-refractivity contribution is 5.94. The molecule has 0 bridgehead atoms. The number of phenolic OH excluding ortho intramolecular Hbond substituents is 1. The molecular weight excluding hydrogens is 186 g/mol. The number of benzene rings is 1. The zero-order valence-electron chi connectivity index (χ0n) is 7.87. The SMILES string of the molecule is COc1c(C(=O)O)cc(C)c(O)c1N. The van der Waals surface area contributed by atoms with Gasteiger partial charge in [0, 0.05) is 0 Å². The van der Waals surface area contributed by atoms with E-state index in [-0.39, 0.29) is 22.7 Å². The van der Waals surface area contributed by atoms with Gasteiger partial charge < -0.3 is 20.7 Å². The molecule has 0 heterocycles. The highest BCUT2D eigenvalue weighted by atomic mass is 16.5. The summed E-state index contributed by atoms with van der Waals surface area (Å²) >= 11 is 0. The summed E-state index contributed by atoms with van der Waals surface area (Å²) in [6.07, 6.45) is 0. The van der Waals surface area contributed by atoms with Gasteiger partial charge in [0.05, 0.1) is 7.11 Å². The minimum Gasteiger partial charge on any atom is -0.505 e. The second kappa shape index (κ2) is 3.45. The maximum absolute atomic E-state index is 10.8. The average molecular weight is 197 g/mol. The highest BCUT2D eigenvalue weighted by Gasteiger charge is 2.18. The minimum absolute atomic E-state index is 0.0133. The van der Waals surface area contributed by atoms with Crippen molar-refractivity contribution in [2.45, 2.75) is 6.92 Å². The predicted octanol–water partition coefficient (Wildman–Crippen LogP) is 0.990. The second-order valence-electron chi connectivity index (χ2n) is 2.84. The molecule has 0 aliphatic rings. The summed E-state index contributed by atoms with van der Waals surface area (Å²) in [7, 11) is 1.30. The molecule has 1 aromatic carbocycles. The Morgan fingerprint density at radius 1 is 1.57 bits per heavy atom. The van der Waals surface area contributed by atoms with Gasteiger partial charge in [-0.3, -0.25) is 0 Å². The first-order valence-corrected chi connectivity index (χ1v) is 3.88. The first-order chi connectivity index (χ1) is 6.49. The van der Waals surface area contributed by atoms with Crippen molar-refractivity contribution in [2.75, 3.05) is 12.8 Å². The molecule has 76 valence electrons. The van der Waals surface area contributed by atoms with Crippen LogP contribution in [0.1, 0.15) is 15.9 Å². The van der Waals surface area contributed by atoms with E-state index >= 15 is 0 Å². The van der Waals surface area contributed by atoms with Crippen LogP contribution in [0.3, 0.4) is 0 Å². The second-order valence-corrected chi connectivity index (χ2v) is 2.84. The van der Waals surface area contributed by atoms with Crippen LogP contribution in [0.15, 0.2) is 6.07 Å². The van der Waals surface area contributed by atoms with Crippen LogP contribution in [-0.2, 0) is 0 Å². The van der Waals surface area contributed by atoms with Gasteiger partial charge in [-0.1, -0.05) is 0 Å². The Bertz CT molecular complexity index is 387. The number of carbonyl (C=O) groups is 1. The van der Waals surface area contributed by atoms with Crippen LogP contribution < -0.4 is 10.5 Å². The molecule has 0 radical (unpaired) electrons. The van der Waals surface area contributed by atoms with Crippen molar-refractivity contribution >= 4 is 11.7 Å². The summed E-state index contributed by atoms with van der Waals surface area (Å²) < 4.78 is 4.81. The lowest BCUT2D eigenvalue weighted by molar-refractivity contribution is 0.0693. The van der Waals surface area contributed by atoms with E-state index in [0.29, 0.717) is 5.56 Å². The van der Waals surface area contributed by atoms with Gasteiger partial charge in [0.15, 0.2) is 5.75 Å². The van der Waals surface area contributed by atoms with Crippen molar-refractivity contribution in [3.05, 3.63) is 17.2 Å². The third kappa shape index (κ3) is 1.44. The highest BCUT2D eigenvalue weighted by Crippen LogP contribution is 2.36. The molecule has 14 heavy (non-hydrogen) atoms. The van der Waals surface area contributed by atoms with Gasteiger partial charge >= 0.3 is 5.97 Å². The maximum Gasteiger partial charge on any atom is 0.339 e. The molecule has 0 aromatic heterocycles. The lowest BCUT2D eigenvalue weighted by atomic mass is 10.1. The van der Waals surface area contributed by atoms with Crippen LogP contribution in [0.4, 0.5) is 5.69 Å². The Morgan fingerprint density at radius 3 is 2.57 bits per heavy atom. The van der Waals surface area contributed by atoms with Crippen molar-refractivity contribution < 1.29 is 19.7 Å². The molecule has 4 N–H and O–H groups in total. The van der Waals surface area contributed by atoms with E-state index in [9.17, 15) is 9.90 Å². The number of nitrogen functional groups attached to an aromatic ring is 1. The molecule has 0 aliphatic carbocycles. The number of rotatable bonds is 2. The van der Waals surface area contributed by atoms with Crippen LogP contribution in [0.5, 0.6) is 11.5 Å². The Hall–Kier alpha value is -1.91. The molecule has 0 spiro atoms. The number of carboxylic acid groups (broad SMARTS) is 1. The fourth-order valence-corrected chi connectivity index (χ4v) is 1.19. The van der Waals surface area contributed by atoms with Gasteiger partial charge in [0.1, 0.15) is 17.0 Å². The Balaban J connectivity index is 3.51. The number of carboxylic acids is 1. The number of nitrogens with two attached hydrogens (primary N) is 1. The Morgan fingerprint density at radius 2 is 2.14 bits per heavy atom. The Kier molecular flexibility index (Phi) is 2.51. The molecule has 5 heteroatoms. The number of hydrogen-bond acceptors (Lipinski definition) is 4. The number of anilines is 1. The number of phenols is 1. The van der Waals surface area contributed by atoms with E-state index in [1.807, 2.05) is 0 Å². The monoisotopic (exact) mass is 197 g/mol. The first-order valence-electron chi connectivity index (χ1n) is 3.88. The van der Waals surface area contributed by atoms with Gasteiger partial charge in [-0.25, -0.2) is 4.79 Å². The van der Waals surface area contributed by atoms with Crippen molar-refractivity contribution in [1.82, 2.24) is 0 Å². The van der Waals surface area contributed by atoms with Crippen molar-refractivity contribution in [3.8, 4) is 11.5 Å². The number of aryl methyl sites for hydroxylation is 1. The number of aromatic carboxylic acids is 1. The fourth-order valence-electron chi connectivity index (χ4n) is 1.19. The van der Waals surface area contributed by atoms with E-state index in [2.05, 4.69) is 0 Å². The summed E-state index contributed by atoms with van der Waals surface area (Å²) in [5.41, 5.74) is 5.79. The first kappa shape index (κ1) is 10.2. The fraction of sp³-hybridized carbons (Fsp3) is 0.222. The molecule has 0 unspecified atom stereocenters. The molecule has 0 aliphatic heterocycles. The van der Waals surface area contributed by atoms with Gasteiger partial charge in [-0.15, -0.1) is 0 Å². The van der Waals surface area contributed by atoms with Crippen LogP contribution in [0, 0.1) is 6.92 Å². The number of aromatic hydroxyl groups is 1. The topological polar surface area (TPSA) is 92.8 Å². The molecular formula is C9H11NO4. The third-order valence-corrected chi connectivity index (χ3v) is 1.91. The van der Waals surface area contributed by atoms with Gasteiger partial charge in [0.25, 0.3) is 0 Å². The quantitative estimate of drug-likeness (QED) is 0.485. The number of methoxy groups -OCH3 is 1. The van der Waals surface area contributed by atoms with Crippen LogP contribution in [0.25, 0.3) is 0 Å². The number of hydrogen-bond donors (Lipinski definition) is 3. The Labute approximate surface area is 80.7 Å². The third-order valence-electron chi connectivity index (χ3n) is 1.91. The standard InChI is InChI=1S/C9H11NO4/c1-4-3-5(9(12)13)8(14-2)6(10)7(4)11/h3,11H,10H2,1-2H3,(H,12,13). The van der Waals surface area contributed by atoms with Gasteiger partial charge in [-0.05, 0) is 18.6 Å². The van der Waals surface area contributed by atoms with E-state index in [4.69, 9.17) is 15.6 Å². The van der Waals surface area contributed by atoms with Crippen molar-refractivity contribution in [2.24, 2.45) is 0 Å². The van der Waals surface area contributed by atoms with Crippen molar-refractivity contribution in [3.63, 3.8) is 0 Å². The molecule has 0 saturated heterocycles. The molecule has 5 nitrogen and oxygen atoms in total. The van der Waals surface area contributed by atoms with E-state index < -0.39 is 5.97 Å². The van der Waals surface area contributed by atoms with Gasteiger partial charge in [-0.2, -0.15) is 0 Å². The molecule has 0 atom stereocenters. The van der Waals surface area contributed by atoms with E-state index in [1.165, 1.54) is 13.2 Å². The molecule has 0 fully saturated rings. The van der Waals surface area contributed by atoms with Crippen LogP contribution >= 0.6 is 0 Å². The summed E-state index contributed by atoms with van der Waals surface area (Å²) in [5.74, 6) is -1.30. The zero-order chi connectivity index (χ0) is 10.9. The lowest BCUT2D eigenvalue weighted by Crippen LogP contribution is -2.04. The summed E-state index contributed by atoms with van der Waals surface area (Å²) in [6, 6.07) is 1.31. The summed E-state index contributed by atoms with van der Waals surface area (Å²) in [6.45, 7) is 1.57. The number of ether oxygens (including phenoxy) is 1. The molecule has 1 rings (SSSR count). The smallest absolute Gasteiger partial charge is 0.339 e. The molecule has 0 amide bonds. The largest absolute Gasteiger partial charge is 0.505 e. The minimum atomic E-state index is -1.14. The van der Waals surface area contributed by atoms with Gasteiger partial charge in [0.2, 0.25) is 0 Å². The average Bonchev–Trinajstić information content (AvgIpc) is 2.13. The predicted molar refractivity (Wildman–Crippen MR) is 50.8 cm³/mol. The van der Waals surface area contributed by atoms with Crippen LogP contribution in [0.2, 0.25) is 0 Å². The normalized spacial score (nSPS) is 9.86. The summed E-state index contributed by atoms with van der Waals surface area (Å²) in [5, 5.41) is 18.2. The lowest BCUT2D eigenvalue weighted by Gasteiger charge is -2.11.